The van der Waals surface area contributed by atoms with Crippen LogP contribution >= 0.6 is 0 Å². The Morgan fingerprint density at radius 2 is 1.96 bits per heavy atom. The summed E-state index contributed by atoms with van der Waals surface area (Å²) in [6, 6.07) is 3.92. The molecule has 2 fully saturated rings. The number of aryl methyl sites for hydroxylation is 1. The van der Waals surface area contributed by atoms with Crippen LogP contribution in [0.3, 0.4) is 0 Å². The molecule has 5 heteroatoms. The fraction of sp³-hybridized carbons (Fsp3) is 0.667. The maximum Gasteiger partial charge on any atom is 0.410 e. The van der Waals surface area contributed by atoms with E-state index in [1.165, 1.54) is 0 Å². The number of amides is 1. The summed E-state index contributed by atoms with van der Waals surface area (Å²) in [6.07, 6.45) is 4.47. The summed E-state index contributed by atoms with van der Waals surface area (Å²) in [5, 5.41) is 11.2. The summed E-state index contributed by atoms with van der Waals surface area (Å²) in [6.45, 7) is 7.57. The van der Waals surface area contributed by atoms with Crippen molar-refractivity contribution in [2.45, 2.75) is 76.7 Å². The molecule has 5 nitrogen and oxygen atoms in total. The summed E-state index contributed by atoms with van der Waals surface area (Å²) in [7, 11) is 0. The molecule has 0 radical (unpaired) electrons. The van der Waals surface area contributed by atoms with Crippen molar-refractivity contribution in [3.05, 3.63) is 29.6 Å². The van der Waals surface area contributed by atoms with Gasteiger partial charge in [-0.05, 0) is 58.2 Å². The summed E-state index contributed by atoms with van der Waals surface area (Å²) >= 11 is 0. The molecule has 1 amide bonds. The Balaban J connectivity index is 1.80. The number of rotatable bonds is 1. The Morgan fingerprint density at radius 1 is 1.35 bits per heavy atom. The predicted molar refractivity (Wildman–Crippen MR) is 87.0 cm³/mol. The van der Waals surface area contributed by atoms with Gasteiger partial charge in [-0.1, -0.05) is 0 Å². The van der Waals surface area contributed by atoms with Gasteiger partial charge in [-0.25, -0.2) is 4.79 Å². The Labute approximate surface area is 137 Å². The number of carbonyl (C=O) groups excluding carboxylic acids is 1. The lowest BCUT2D eigenvalue weighted by atomic mass is 9.81. The van der Waals surface area contributed by atoms with Crippen LogP contribution < -0.4 is 0 Å². The van der Waals surface area contributed by atoms with Crippen LogP contribution in [0.4, 0.5) is 4.79 Å². The van der Waals surface area contributed by atoms with Crippen LogP contribution in [0.2, 0.25) is 0 Å². The van der Waals surface area contributed by atoms with Gasteiger partial charge in [0.05, 0.1) is 5.60 Å². The molecule has 2 bridgehead atoms. The minimum atomic E-state index is -0.877. The highest BCUT2D eigenvalue weighted by molar-refractivity contribution is 5.69. The molecule has 0 spiro atoms. The van der Waals surface area contributed by atoms with Crippen molar-refractivity contribution in [1.29, 1.82) is 0 Å². The maximum atomic E-state index is 12.5. The smallest absolute Gasteiger partial charge is 0.410 e. The third kappa shape index (κ3) is 3.20. The van der Waals surface area contributed by atoms with Gasteiger partial charge >= 0.3 is 6.09 Å². The molecular formula is C18H26N2O3. The maximum absolute atomic E-state index is 12.5. The van der Waals surface area contributed by atoms with Gasteiger partial charge in [0.2, 0.25) is 0 Å². The second kappa shape index (κ2) is 5.48. The molecule has 0 aliphatic carbocycles. The second-order valence-corrected chi connectivity index (χ2v) is 7.90. The highest BCUT2D eigenvalue weighted by Gasteiger charge is 2.51. The van der Waals surface area contributed by atoms with Gasteiger partial charge in [0.15, 0.2) is 0 Å². The van der Waals surface area contributed by atoms with Gasteiger partial charge in [0.25, 0.3) is 0 Å². The topological polar surface area (TPSA) is 62.7 Å². The number of aromatic nitrogens is 1. The van der Waals surface area contributed by atoms with E-state index < -0.39 is 11.2 Å². The number of hydrogen-bond acceptors (Lipinski definition) is 4. The average molecular weight is 318 g/mol. The number of pyridine rings is 1. The van der Waals surface area contributed by atoms with Gasteiger partial charge in [0.1, 0.15) is 5.60 Å². The average Bonchev–Trinajstić information content (AvgIpc) is 2.70. The van der Waals surface area contributed by atoms with Crippen LogP contribution in [0.1, 0.15) is 57.7 Å². The van der Waals surface area contributed by atoms with Crippen LogP contribution in [0.15, 0.2) is 18.3 Å². The van der Waals surface area contributed by atoms with E-state index in [4.69, 9.17) is 4.74 Å². The summed E-state index contributed by atoms with van der Waals surface area (Å²) in [5.41, 5.74) is 0.438. The molecule has 126 valence electrons. The van der Waals surface area contributed by atoms with Crippen LogP contribution in [-0.2, 0) is 10.3 Å². The molecule has 1 aromatic rings. The van der Waals surface area contributed by atoms with Crippen molar-refractivity contribution in [3.63, 3.8) is 0 Å². The molecule has 2 aliphatic heterocycles. The van der Waals surface area contributed by atoms with Crippen molar-refractivity contribution in [3.8, 4) is 0 Å². The lowest BCUT2D eigenvalue weighted by Gasteiger charge is -2.44. The fourth-order valence-corrected chi connectivity index (χ4v) is 3.91. The monoisotopic (exact) mass is 318 g/mol. The molecule has 2 unspecified atom stereocenters. The molecule has 2 atom stereocenters. The van der Waals surface area contributed by atoms with Gasteiger partial charge < -0.3 is 14.7 Å². The van der Waals surface area contributed by atoms with E-state index in [9.17, 15) is 9.90 Å². The van der Waals surface area contributed by atoms with Crippen molar-refractivity contribution >= 4 is 6.09 Å². The minimum absolute atomic E-state index is 0.0436. The van der Waals surface area contributed by atoms with E-state index >= 15 is 0 Å². The van der Waals surface area contributed by atoms with E-state index in [2.05, 4.69) is 4.98 Å². The number of piperidine rings is 1. The molecule has 1 aromatic heterocycles. The van der Waals surface area contributed by atoms with Gasteiger partial charge in [-0.15, -0.1) is 0 Å². The zero-order chi connectivity index (χ0) is 16.8. The first-order valence-corrected chi connectivity index (χ1v) is 8.35. The molecule has 2 aliphatic rings. The molecule has 23 heavy (non-hydrogen) atoms. The highest BCUT2D eigenvalue weighted by atomic mass is 16.6. The zero-order valence-corrected chi connectivity index (χ0v) is 14.4. The van der Waals surface area contributed by atoms with E-state index in [-0.39, 0.29) is 18.2 Å². The molecule has 2 saturated heterocycles. The number of carbonyl (C=O) groups is 1. The van der Waals surface area contributed by atoms with Crippen LogP contribution in [0.5, 0.6) is 0 Å². The number of nitrogens with zero attached hydrogens (tertiary/aromatic N) is 2. The Morgan fingerprint density at radius 3 is 2.48 bits per heavy atom. The third-order valence-corrected chi connectivity index (χ3v) is 4.80. The van der Waals surface area contributed by atoms with Gasteiger partial charge in [0, 0.05) is 36.8 Å². The van der Waals surface area contributed by atoms with Crippen molar-refractivity contribution in [2.75, 3.05) is 0 Å². The van der Waals surface area contributed by atoms with Crippen LogP contribution in [0.25, 0.3) is 0 Å². The first kappa shape index (κ1) is 16.2. The second-order valence-electron chi connectivity index (χ2n) is 7.90. The largest absolute Gasteiger partial charge is 0.444 e. The van der Waals surface area contributed by atoms with Crippen molar-refractivity contribution < 1.29 is 14.6 Å². The quantitative estimate of drug-likeness (QED) is 0.864. The van der Waals surface area contributed by atoms with E-state index in [1.807, 2.05) is 44.7 Å². The Bertz CT molecular complexity index is 595. The van der Waals surface area contributed by atoms with E-state index in [1.54, 1.807) is 6.20 Å². The Kier molecular flexibility index (Phi) is 3.87. The minimum Gasteiger partial charge on any atom is -0.444 e. The molecule has 3 heterocycles. The highest BCUT2D eigenvalue weighted by Crippen LogP contribution is 2.46. The zero-order valence-electron chi connectivity index (χ0n) is 14.4. The first-order valence-electron chi connectivity index (χ1n) is 8.35. The summed E-state index contributed by atoms with van der Waals surface area (Å²) in [5.74, 6) is 0. The number of ether oxygens (including phenoxy) is 1. The van der Waals surface area contributed by atoms with E-state index in [0.29, 0.717) is 12.8 Å². The number of aliphatic hydroxyl groups is 1. The first-order chi connectivity index (χ1) is 10.7. The number of hydrogen-bond donors (Lipinski definition) is 1. The fourth-order valence-electron chi connectivity index (χ4n) is 3.91. The lowest BCUT2D eigenvalue weighted by Crippen LogP contribution is -2.53. The van der Waals surface area contributed by atoms with E-state index in [0.717, 1.165) is 24.1 Å². The standard InChI is InChI=1S/C18H26N2O3/c1-12-9-13(7-8-19-12)18(22)10-14-5-6-15(11-18)20(14)16(21)23-17(2,3)4/h7-9,14-15,22H,5-6,10-11H2,1-4H3. The Hall–Kier alpha value is -1.62. The SMILES string of the molecule is Cc1cc(C2(O)CC3CCC(C2)N3C(=O)OC(C)(C)C)ccn1. The van der Waals surface area contributed by atoms with Crippen LogP contribution in [0, 0.1) is 6.92 Å². The number of fused-ring (bicyclic) bond motifs is 2. The van der Waals surface area contributed by atoms with Gasteiger partial charge in [-0.2, -0.15) is 0 Å². The summed E-state index contributed by atoms with van der Waals surface area (Å²) < 4.78 is 5.55. The van der Waals surface area contributed by atoms with Crippen molar-refractivity contribution in [1.82, 2.24) is 9.88 Å². The molecule has 0 saturated carbocycles. The predicted octanol–water partition coefficient (Wildman–Crippen LogP) is 3.14. The molecular weight excluding hydrogens is 292 g/mol. The van der Waals surface area contributed by atoms with Crippen molar-refractivity contribution in [2.24, 2.45) is 0 Å². The molecule has 1 N–H and O–H groups in total. The van der Waals surface area contributed by atoms with Crippen LogP contribution in [-0.4, -0.2) is 38.8 Å². The normalized spacial score (nSPS) is 30.4. The summed E-state index contributed by atoms with van der Waals surface area (Å²) in [4.78, 5) is 18.6. The third-order valence-electron chi connectivity index (χ3n) is 4.80. The lowest BCUT2D eigenvalue weighted by molar-refractivity contribution is -0.0625. The van der Waals surface area contributed by atoms with Gasteiger partial charge in [-0.3, -0.25) is 4.98 Å². The molecule has 3 rings (SSSR count). The molecule has 0 aromatic carbocycles.